The van der Waals surface area contributed by atoms with Gasteiger partial charge in [0, 0.05) is 0 Å². The quantitative estimate of drug-likeness (QED) is 0.214. The van der Waals surface area contributed by atoms with Crippen LogP contribution < -0.4 is 0 Å². The highest BCUT2D eigenvalue weighted by Crippen LogP contribution is 2.82. The van der Waals surface area contributed by atoms with Crippen molar-refractivity contribution in [3.8, 4) is 0 Å². The van der Waals surface area contributed by atoms with Crippen LogP contribution in [-0.4, -0.2) is 0 Å². The maximum atomic E-state index is 1.64. The van der Waals surface area contributed by atoms with Gasteiger partial charge in [-0.25, -0.2) is 0 Å². The third-order valence-electron chi connectivity index (χ3n) is 27.4. The van der Waals surface area contributed by atoms with Gasteiger partial charge < -0.3 is 0 Å². The molecule has 61 heavy (non-hydrogen) atoms. The van der Waals surface area contributed by atoms with Crippen molar-refractivity contribution in [2.75, 3.05) is 0 Å². The van der Waals surface area contributed by atoms with Crippen molar-refractivity contribution < 1.29 is 0 Å². The summed E-state index contributed by atoms with van der Waals surface area (Å²) in [5.41, 5.74) is 0. The summed E-state index contributed by atoms with van der Waals surface area (Å²) in [6.07, 6.45) is 49.7. The molecular weight excluding hydrogens is 733 g/mol. The number of fused-ring (bicyclic) bond motifs is 17. The summed E-state index contributed by atoms with van der Waals surface area (Å²) in [6.45, 7) is 0. The van der Waals surface area contributed by atoms with Gasteiger partial charge in [0.05, 0.1) is 0 Å². The van der Waals surface area contributed by atoms with Gasteiger partial charge in [0.25, 0.3) is 0 Å². The first-order valence-corrected chi connectivity index (χ1v) is 30.1. The molecule has 0 aliphatic heterocycles. The fraction of sp³-hybridized carbons (Fsp3) is 1.00. The maximum absolute atomic E-state index is 1.64. The largest absolute Gasteiger partial charge is 0.0527 e. The lowest BCUT2D eigenvalue weighted by Crippen LogP contribution is -2.38. The molecule has 27 aliphatic carbocycles. The average molecular weight is 825 g/mol. The molecule has 0 aromatic heterocycles. The summed E-state index contributed by atoms with van der Waals surface area (Å²) < 4.78 is 0. The summed E-state index contributed by atoms with van der Waals surface area (Å²) in [6, 6.07) is 0. The molecule has 27 fully saturated rings. The Balaban J connectivity index is 0.0000000656. The average Bonchev–Trinajstić information content (AvgIpc) is 3.94. The molecule has 27 aliphatic rings. The van der Waals surface area contributed by atoms with Crippen LogP contribution in [0.15, 0.2) is 0 Å². The Morgan fingerprint density at radius 1 is 0.148 bits per heavy atom. The van der Waals surface area contributed by atoms with Crippen LogP contribution in [0.4, 0.5) is 0 Å². The molecule has 0 heteroatoms. The topological polar surface area (TPSA) is 0 Å². The van der Waals surface area contributed by atoms with Crippen molar-refractivity contribution in [3.63, 3.8) is 0 Å². The van der Waals surface area contributed by atoms with Crippen molar-refractivity contribution in [2.45, 2.75) is 199 Å². The highest BCUT2D eigenvalue weighted by molar-refractivity contribution is 5.24. The molecule has 0 N–H and O–H groups in total. The lowest BCUT2D eigenvalue weighted by Gasteiger charge is -2.49. The summed E-state index contributed by atoms with van der Waals surface area (Å²) in [5.74, 6) is 36.8. The van der Waals surface area contributed by atoms with E-state index in [0.29, 0.717) is 0 Å². The van der Waals surface area contributed by atoms with Gasteiger partial charge in [-0.05, 0) is 364 Å². The Bertz CT molecular complexity index is 1420. The van der Waals surface area contributed by atoms with Crippen LogP contribution in [0.5, 0.6) is 0 Å². The standard InChI is InChI=1S/C12H18.2C10H16.C9H14.2C7H10.C6H8/c1-2-8-5-7(1)11-9-3-4-10(6-9)12(8)11;1-7-2-9-4-8(1)5-10(3-7)6-9;1-2-9-7-4-5-8(6-7)10(9)3-1;1-6-2-8-4-7(1)5-9(8)3-6;1-4-2-6-5(1)7(6)3-4;1-2-4-6-5(3-1)7(4)6;1-2-4-5-3(1)6(4)5/h7-12H,1-6H2;2*7-10H,1-6H2;6-9H,1-5H2;2*4-7H,1-3H2;3-6H,1-2H2. The Morgan fingerprint density at radius 2 is 0.426 bits per heavy atom. The van der Waals surface area contributed by atoms with Crippen molar-refractivity contribution in [3.05, 3.63) is 0 Å². The molecule has 8 unspecified atom stereocenters. The fourth-order valence-electron chi connectivity index (χ4n) is 25.5. The van der Waals surface area contributed by atoms with Crippen molar-refractivity contribution in [1.82, 2.24) is 0 Å². The molecule has 27 saturated carbocycles. The minimum atomic E-state index is 1.18. The van der Waals surface area contributed by atoms with Crippen molar-refractivity contribution in [2.24, 2.45) is 178 Å². The van der Waals surface area contributed by atoms with E-state index < -0.39 is 0 Å². The van der Waals surface area contributed by atoms with Gasteiger partial charge in [0.1, 0.15) is 0 Å². The zero-order valence-electron chi connectivity index (χ0n) is 39.2. The molecule has 0 nitrogen and oxygen atoms in total. The van der Waals surface area contributed by atoms with Crippen LogP contribution >= 0.6 is 0 Å². The second-order valence-corrected chi connectivity index (χ2v) is 29.8. The van der Waals surface area contributed by atoms with E-state index in [1.807, 2.05) is 0 Å². The van der Waals surface area contributed by atoms with Gasteiger partial charge in [-0.15, -0.1) is 0 Å². The molecular formula is C61H92. The minimum Gasteiger partial charge on any atom is -0.0527 e. The molecule has 0 saturated heterocycles. The van der Waals surface area contributed by atoms with Crippen molar-refractivity contribution in [1.29, 1.82) is 0 Å². The van der Waals surface area contributed by atoms with E-state index in [0.717, 1.165) is 0 Å². The third kappa shape index (κ3) is 6.37. The number of hydrogen-bond donors (Lipinski definition) is 0. The smallest absolute Gasteiger partial charge is 0.0318 e. The Kier molecular flexibility index (Phi) is 8.89. The van der Waals surface area contributed by atoms with Crippen molar-refractivity contribution >= 4 is 0 Å². The van der Waals surface area contributed by atoms with Crippen LogP contribution in [0.25, 0.3) is 0 Å². The third-order valence-corrected chi connectivity index (χ3v) is 27.4. The van der Waals surface area contributed by atoms with Gasteiger partial charge in [0.15, 0.2) is 0 Å². The van der Waals surface area contributed by atoms with Gasteiger partial charge in [-0.3, -0.25) is 0 Å². The van der Waals surface area contributed by atoms with Crippen LogP contribution in [0.3, 0.4) is 0 Å². The van der Waals surface area contributed by atoms with Gasteiger partial charge in [-0.2, -0.15) is 0 Å². The molecule has 22 bridgehead atoms. The van der Waals surface area contributed by atoms with E-state index in [-0.39, 0.29) is 0 Å². The van der Waals surface area contributed by atoms with Gasteiger partial charge in [-0.1, -0.05) is 12.8 Å². The highest BCUT2D eigenvalue weighted by atomic mass is 14.8. The molecule has 336 valence electrons. The molecule has 0 aromatic carbocycles. The zero-order valence-corrected chi connectivity index (χ0v) is 39.2. The molecule has 0 radical (unpaired) electrons. The second-order valence-electron chi connectivity index (χ2n) is 29.8. The van der Waals surface area contributed by atoms with E-state index in [1.165, 1.54) is 178 Å². The highest BCUT2D eigenvalue weighted by Gasteiger charge is 2.76. The van der Waals surface area contributed by atoms with E-state index >= 15 is 0 Å². The Labute approximate surface area is 375 Å². The normalized spacial score (nSPS) is 65.3. The first kappa shape index (κ1) is 38.0. The Morgan fingerprint density at radius 3 is 0.705 bits per heavy atom. The van der Waals surface area contributed by atoms with E-state index in [2.05, 4.69) is 0 Å². The summed E-state index contributed by atoms with van der Waals surface area (Å²) in [5, 5.41) is 0. The molecule has 8 atom stereocenters. The van der Waals surface area contributed by atoms with E-state index in [9.17, 15) is 0 Å². The predicted molar refractivity (Wildman–Crippen MR) is 248 cm³/mol. The van der Waals surface area contributed by atoms with Crippen LogP contribution in [0.2, 0.25) is 0 Å². The molecule has 0 spiro atoms. The fourth-order valence-corrected chi connectivity index (χ4v) is 25.5. The summed E-state index contributed by atoms with van der Waals surface area (Å²) >= 11 is 0. The van der Waals surface area contributed by atoms with Crippen LogP contribution in [-0.2, 0) is 0 Å². The lowest BCUT2D eigenvalue weighted by molar-refractivity contribution is 0.0198. The molecule has 0 amide bonds. The van der Waals surface area contributed by atoms with Crippen LogP contribution in [0, 0.1) is 178 Å². The maximum Gasteiger partial charge on any atom is -0.0318 e. The SMILES string of the molecule is C1C2CC3C1C3C2.C1C2CC3CC1CC(C2)C3.C1C2CC3CC1CC3C2.C1CC2C3C(C1)C23.C1CC2C3C1C23.C1CC2C3CCC(C3)C2C1.C1CC2CC1C1C3CCC(C3)C21. The summed E-state index contributed by atoms with van der Waals surface area (Å²) in [7, 11) is 0. The number of rotatable bonds is 0. The Hall–Kier alpha value is 0. The van der Waals surface area contributed by atoms with Gasteiger partial charge in [0.2, 0.25) is 0 Å². The summed E-state index contributed by atoms with van der Waals surface area (Å²) in [4.78, 5) is 0. The monoisotopic (exact) mass is 825 g/mol. The van der Waals surface area contributed by atoms with E-state index in [4.69, 9.17) is 0 Å². The van der Waals surface area contributed by atoms with E-state index in [1.54, 1.807) is 199 Å². The second kappa shape index (κ2) is 14.3. The van der Waals surface area contributed by atoms with Crippen LogP contribution in [0.1, 0.15) is 199 Å². The zero-order chi connectivity index (χ0) is 39.2. The molecule has 0 heterocycles. The minimum absolute atomic E-state index is 1.18. The first-order valence-electron chi connectivity index (χ1n) is 30.1. The first-order chi connectivity index (χ1) is 30.1. The number of hydrogen-bond acceptors (Lipinski definition) is 0. The lowest BCUT2D eigenvalue weighted by atomic mass is 9.56. The molecule has 0 aromatic rings. The predicted octanol–water partition coefficient (Wildman–Crippen LogP) is 15.8. The van der Waals surface area contributed by atoms with Gasteiger partial charge >= 0.3 is 0 Å². The molecule has 27 rings (SSSR count).